The van der Waals surface area contributed by atoms with Gasteiger partial charge in [0.1, 0.15) is 5.84 Å². The van der Waals surface area contributed by atoms with Crippen LogP contribution in [0.4, 0.5) is 0 Å². The molecule has 0 aliphatic heterocycles. The van der Waals surface area contributed by atoms with Crippen LogP contribution in [0.5, 0.6) is 0 Å². The Hall–Kier alpha value is -0.770. The fourth-order valence-electron chi connectivity index (χ4n) is 1.21. The van der Waals surface area contributed by atoms with Crippen LogP contribution in [0.15, 0.2) is 5.16 Å². The summed E-state index contributed by atoms with van der Waals surface area (Å²) in [5, 5.41) is 14.7. The van der Waals surface area contributed by atoms with Crippen molar-refractivity contribution in [1.82, 2.24) is 5.32 Å². The molecule has 0 unspecified atom stereocenters. The van der Waals surface area contributed by atoms with Gasteiger partial charge in [0.2, 0.25) is 0 Å². The average molecular weight is 201 g/mol. The molecule has 0 aliphatic carbocycles. The summed E-state index contributed by atoms with van der Waals surface area (Å²) in [6.07, 6.45) is 3.79. The lowest BCUT2D eigenvalue weighted by Crippen LogP contribution is -2.41. The number of hydrogen-bond donors (Lipinski definition) is 3. The molecule has 4 heteroatoms. The Morgan fingerprint density at radius 3 is 2.43 bits per heavy atom. The Morgan fingerprint density at radius 1 is 1.43 bits per heavy atom. The number of amidine groups is 1. The van der Waals surface area contributed by atoms with Crippen LogP contribution in [0.2, 0.25) is 0 Å². The Morgan fingerprint density at radius 2 is 2.00 bits per heavy atom. The molecule has 0 atom stereocenters. The van der Waals surface area contributed by atoms with E-state index < -0.39 is 0 Å². The second-order valence-corrected chi connectivity index (χ2v) is 3.89. The molecule has 0 aliphatic rings. The molecule has 0 saturated carbocycles. The van der Waals surface area contributed by atoms with E-state index in [1.54, 1.807) is 0 Å². The zero-order valence-corrected chi connectivity index (χ0v) is 9.51. The summed E-state index contributed by atoms with van der Waals surface area (Å²) in [7, 11) is 0. The van der Waals surface area contributed by atoms with E-state index in [9.17, 15) is 0 Å². The predicted molar refractivity (Wildman–Crippen MR) is 59.6 cm³/mol. The van der Waals surface area contributed by atoms with Gasteiger partial charge in [0.25, 0.3) is 0 Å². The Balaban J connectivity index is 3.62. The van der Waals surface area contributed by atoms with Crippen molar-refractivity contribution in [3.8, 4) is 0 Å². The second-order valence-electron chi connectivity index (χ2n) is 3.89. The van der Waals surface area contributed by atoms with Gasteiger partial charge in [-0.3, -0.25) is 0 Å². The maximum Gasteiger partial charge on any atom is 0.139 e. The summed E-state index contributed by atoms with van der Waals surface area (Å²) in [5.41, 5.74) is 5.59. The lowest BCUT2D eigenvalue weighted by molar-refractivity contribution is 0.315. The Bertz CT molecular complexity index is 176. The minimum absolute atomic E-state index is 0.227. The minimum Gasteiger partial charge on any atom is -0.409 e. The Kier molecular flexibility index (Phi) is 6.28. The Labute approximate surface area is 86.6 Å². The zero-order chi connectivity index (χ0) is 11.0. The van der Waals surface area contributed by atoms with Crippen LogP contribution in [-0.2, 0) is 0 Å². The third-order valence-corrected chi connectivity index (χ3v) is 2.85. The topological polar surface area (TPSA) is 70.6 Å². The van der Waals surface area contributed by atoms with Gasteiger partial charge in [-0.1, -0.05) is 19.0 Å². The highest BCUT2D eigenvalue weighted by Gasteiger charge is 2.17. The van der Waals surface area contributed by atoms with Crippen molar-refractivity contribution in [1.29, 1.82) is 0 Å². The lowest BCUT2D eigenvalue weighted by Gasteiger charge is -2.28. The molecule has 0 spiro atoms. The van der Waals surface area contributed by atoms with Crippen LogP contribution < -0.4 is 11.1 Å². The molecule has 0 radical (unpaired) electrons. The van der Waals surface area contributed by atoms with Crippen LogP contribution in [0.3, 0.4) is 0 Å². The molecule has 0 fully saturated rings. The number of nitrogens with two attached hydrogens (primary N) is 1. The van der Waals surface area contributed by atoms with E-state index in [2.05, 4.69) is 31.2 Å². The minimum atomic E-state index is 0.227. The normalized spacial score (nSPS) is 13.2. The van der Waals surface area contributed by atoms with Crippen molar-refractivity contribution in [2.75, 3.05) is 6.54 Å². The first-order valence-corrected chi connectivity index (χ1v) is 5.29. The second kappa shape index (κ2) is 6.65. The highest BCUT2D eigenvalue weighted by atomic mass is 16.4. The molecule has 0 bridgehead atoms. The quantitative estimate of drug-likeness (QED) is 0.193. The maximum absolute atomic E-state index is 8.33. The van der Waals surface area contributed by atoms with E-state index in [0.29, 0.717) is 12.3 Å². The van der Waals surface area contributed by atoms with E-state index in [-0.39, 0.29) is 5.54 Å². The molecule has 0 aromatic rings. The van der Waals surface area contributed by atoms with Gasteiger partial charge < -0.3 is 16.3 Å². The summed E-state index contributed by atoms with van der Waals surface area (Å²) in [4.78, 5) is 0. The van der Waals surface area contributed by atoms with Gasteiger partial charge in [0, 0.05) is 12.0 Å². The van der Waals surface area contributed by atoms with Gasteiger partial charge >= 0.3 is 0 Å². The number of hydrogen-bond acceptors (Lipinski definition) is 3. The number of rotatable bonds is 7. The molecule has 84 valence electrons. The first-order chi connectivity index (χ1) is 6.58. The first kappa shape index (κ1) is 13.2. The third kappa shape index (κ3) is 5.07. The smallest absolute Gasteiger partial charge is 0.139 e. The number of nitrogens with zero attached hydrogens (tertiary/aromatic N) is 1. The van der Waals surface area contributed by atoms with E-state index in [1.807, 2.05) is 0 Å². The number of oxime groups is 1. The van der Waals surface area contributed by atoms with Gasteiger partial charge in [-0.2, -0.15) is 0 Å². The molecule has 0 aromatic heterocycles. The maximum atomic E-state index is 8.33. The largest absolute Gasteiger partial charge is 0.409 e. The zero-order valence-electron chi connectivity index (χ0n) is 9.51. The summed E-state index contributed by atoms with van der Waals surface area (Å²) >= 11 is 0. The monoisotopic (exact) mass is 201 g/mol. The predicted octanol–water partition coefficient (Wildman–Crippen LogP) is 1.68. The molecule has 4 nitrogen and oxygen atoms in total. The van der Waals surface area contributed by atoms with Crippen LogP contribution in [-0.4, -0.2) is 23.1 Å². The third-order valence-electron chi connectivity index (χ3n) is 2.85. The van der Waals surface area contributed by atoms with Crippen molar-refractivity contribution in [3.05, 3.63) is 0 Å². The van der Waals surface area contributed by atoms with Crippen molar-refractivity contribution in [2.45, 2.75) is 52.0 Å². The molecule has 4 N–H and O–H groups in total. The first-order valence-electron chi connectivity index (χ1n) is 5.29. The van der Waals surface area contributed by atoms with Crippen LogP contribution in [0.1, 0.15) is 46.5 Å². The van der Waals surface area contributed by atoms with Gasteiger partial charge in [0.05, 0.1) is 0 Å². The molecule has 0 rings (SSSR count). The van der Waals surface area contributed by atoms with Crippen molar-refractivity contribution >= 4 is 5.84 Å². The molecular weight excluding hydrogens is 178 g/mol. The molecule has 0 aromatic carbocycles. The van der Waals surface area contributed by atoms with Crippen molar-refractivity contribution in [2.24, 2.45) is 10.9 Å². The van der Waals surface area contributed by atoms with Crippen LogP contribution >= 0.6 is 0 Å². The molecule has 0 heterocycles. The van der Waals surface area contributed by atoms with E-state index in [0.717, 1.165) is 25.8 Å². The summed E-state index contributed by atoms with van der Waals surface area (Å²) in [6, 6.07) is 0. The van der Waals surface area contributed by atoms with Crippen molar-refractivity contribution in [3.63, 3.8) is 0 Å². The summed E-state index contributed by atoms with van der Waals surface area (Å²) in [5.74, 6) is 0.307. The van der Waals surface area contributed by atoms with Gasteiger partial charge in [-0.05, 0) is 32.7 Å². The van der Waals surface area contributed by atoms with Gasteiger partial charge in [-0.25, -0.2) is 0 Å². The van der Waals surface area contributed by atoms with Crippen LogP contribution in [0.25, 0.3) is 0 Å². The highest BCUT2D eigenvalue weighted by molar-refractivity contribution is 5.79. The van der Waals surface area contributed by atoms with Crippen LogP contribution in [0, 0.1) is 0 Å². The van der Waals surface area contributed by atoms with Gasteiger partial charge in [-0.15, -0.1) is 0 Å². The number of nitrogens with one attached hydrogen (secondary N) is 1. The van der Waals surface area contributed by atoms with E-state index >= 15 is 0 Å². The molecule has 0 saturated heterocycles. The molecule has 0 amide bonds. The van der Waals surface area contributed by atoms with E-state index in [4.69, 9.17) is 10.9 Å². The fraction of sp³-hybridized carbons (Fsp3) is 0.900. The molecular formula is C10H23N3O. The summed E-state index contributed by atoms with van der Waals surface area (Å²) < 4.78 is 0. The standard InChI is InChI=1S/C10H23N3O/c1-4-10(3,5-2)12-8-6-7-9(11)13-14/h12,14H,4-8H2,1-3H3,(H2,11,13). The highest BCUT2D eigenvalue weighted by Crippen LogP contribution is 2.13. The summed E-state index contributed by atoms with van der Waals surface area (Å²) in [6.45, 7) is 7.49. The fourth-order valence-corrected chi connectivity index (χ4v) is 1.21. The van der Waals surface area contributed by atoms with Crippen molar-refractivity contribution < 1.29 is 5.21 Å². The van der Waals surface area contributed by atoms with Gasteiger partial charge in [0.15, 0.2) is 0 Å². The lowest BCUT2D eigenvalue weighted by atomic mass is 9.95. The van der Waals surface area contributed by atoms with E-state index in [1.165, 1.54) is 0 Å². The molecule has 14 heavy (non-hydrogen) atoms. The SMILES string of the molecule is CCC(C)(CC)NCCCC(N)=NO. The average Bonchev–Trinajstić information content (AvgIpc) is 2.23.